The molecule has 0 atom stereocenters. The predicted molar refractivity (Wildman–Crippen MR) is 64.7 cm³/mol. The molecular formula is C13H8ClNO. The average Bonchev–Trinajstić information content (AvgIpc) is 2.31. The molecule has 0 spiro atoms. The standard InChI is InChI=1S/C13H8ClNO/c14-12-7-3-1-5-10(12)11-6-2-4-8-13(11)15-9-16/h1-8H. The highest BCUT2D eigenvalue weighted by molar-refractivity contribution is 6.33. The van der Waals surface area contributed by atoms with Crippen LogP contribution in [0.25, 0.3) is 11.1 Å². The fourth-order valence-electron chi connectivity index (χ4n) is 1.53. The van der Waals surface area contributed by atoms with E-state index in [1.165, 1.54) is 0 Å². The molecule has 0 fully saturated rings. The van der Waals surface area contributed by atoms with Crippen LogP contribution < -0.4 is 0 Å². The van der Waals surface area contributed by atoms with Gasteiger partial charge in [-0.1, -0.05) is 48.0 Å². The molecule has 0 amide bonds. The summed E-state index contributed by atoms with van der Waals surface area (Å²) in [7, 11) is 0. The smallest absolute Gasteiger partial charge is 0.211 e. The van der Waals surface area contributed by atoms with E-state index in [4.69, 9.17) is 11.6 Å². The van der Waals surface area contributed by atoms with Crippen molar-refractivity contribution in [2.24, 2.45) is 4.99 Å². The number of isocyanates is 1. The van der Waals surface area contributed by atoms with Gasteiger partial charge in [0.25, 0.3) is 0 Å². The maximum absolute atomic E-state index is 10.3. The Balaban J connectivity index is 2.64. The zero-order valence-corrected chi connectivity index (χ0v) is 9.11. The summed E-state index contributed by atoms with van der Waals surface area (Å²) in [5, 5.41) is 0.635. The second-order valence-electron chi connectivity index (χ2n) is 3.20. The van der Waals surface area contributed by atoms with Crippen LogP contribution in [0.15, 0.2) is 53.5 Å². The first-order valence-corrected chi connectivity index (χ1v) is 5.12. The molecule has 16 heavy (non-hydrogen) atoms. The van der Waals surface area contributed by atoms with E-state index >= 15 is 0 Å². The largest absolute Gasteiger partial charge is 0.240 e. The molecule has 2 aromatic carbocycles. The van der Waals surface area contributed by atoms with E-state index in [-0.39, 0.29) is 0 Å². The van der Waals surface area contributed by atoms with Crippen molar-refractivity contribution >= 4 is 23.4 Å². The molecule has 0 saturated carbocycles. The second kappa shape index (κ2) is 4.75. The first-order valence-electron chi connectivity index (χ1n) is 4.75. The lowest BCUT2D eigenvalue weighted by molar-refractivity contribution is 0.565. The number of aliphatic imine (C=N–C) groups is 1. The topological polar surface area (TPSA) is 29.4 Å². The van der Waals surface area contributed by atoms with Crippen LogP contribution in [0.1, 0.15) is 0 Å². The van der Waals surface area contributed by atoms with E-state index in [0.717, 1.165) is 11.1 Å². The molecule has 0 bridgehead atoms. The Morgan fingerprint density at radius 2 is 1.56 bits per heavy atom. The van der Waals surface area contributed by atoms with Gasteiger partial charge in [-0.3, -0.25) is 0 Å². The molecule has 78 valence electrons. The van der Waals surface area contributed by atoms with Crippen LogP contribution in [0.2, 0.25) is 5.02 Å². The summed E-state index contributed by atoms with van der Waals surface area (Å²) in [6.07, 6.45) is 1.55. The number of hydrogen-bond acceptors (Lipinski definition) is 2. The predicted octanol–water partition coefficient (Wildman–Crippen LogP) is 3.97. The Hall–Kier alpha value is -1.89. The zero-order valence-electron chi connectivity index (χ0n) is 8.35. The summed E-state index contributed by atoms with van der Waals surface area (Å²) < 4.78 is 0. The minimum Gasteiger partial charge on any atom is -0.211 e. The van der Waals surface area contributed by atoms with Crippen LogP contribution in [0.5, 0.6) is 0 Å². The zero-order chi connectivity index (χ0) is 11.4. The van der Waals surface area contributed by atoms with Crippen LogP contribution in [0.4, 0.5) is 5.69 Å². The molecule has 0 aromatic heterocycles. The molecule has 2 aromatic rings. The van der Waals surface area contributed by atoms with Gasteiger partial charge in [0.15, 0.2) is 0 Å². The van der Waals surface area contributed by atoms with E-state index in [1.807, 2.05) is 36.4 Å². The molecule has 0 heterocycles. The fraction of sp³-hybridized carbons (Fsp3) is 0. The minimum absolute atomic E-state index is 0.575. The summed E-state index contributed by atoms with van der Waals surface area (Å²) in [4.78, 5) is 14.0. The molecule has 0 aliphatic rings. The van der Waals surface area contributed by atoms with Crippen LogP contribution in [0.3, 0.4) is 0 Å². The third-order valence-electron chi connectivity index (χ3n) is 2.23. The van der Waals surface area contributed by atoms with Gasteiger partial charge in [-0.2, -0.15) is 4.99 Å². The Bertz CT molecular complexity index is 559. The number of hydrogen-bond donors (Lipinski definition) is 0. The highest BCUT2D eigenvalue weighted by Gasteiger charge is 2.06. The van der Waals surface area contributed by atoms with Crippen molar-refractivity contribution in [2.75, 3.05) is 0 Å². The third-order valence-corrected chi connectivity index (χ3v) is 2.56. The lowest BCUT2D eigenvalue weighted by atomic mass is 10.0. The van der Waals surface area contributed by atoms with Gasteiger partial charge >= 0.3 is 0 Å². The molecule has 2 nitrogen and oxygen atoms in total. The lowest BCUT2D eigenvalue weighted by Gasteiger charge is -2.06. The van der Waals surface area contributed by atoms with Gasteiger partial charge in [-0.15, -0.1) is 0 Å². The molecule has 0 radical (unpaired) electrons. The Morgan fingerprint density at radius 3 is 2.25 bits per heavy atom. The van der Waals surface area contributed by atoms with Crippen LogP contribution >= 0.6 is 11.6 Å². The van der Waals surface area contributed by atoms with Gasteiger partial charge in [0, 0.05) is 16.1 Å². The van der Waals surface area contributed by atoms with Crippen molar-refractivity contribution < 1.29 is 4.79 Å². The number of para-hydroxylation sites is 1. The quantitative estimate of drug-likeness (QED) is 0.566. The number of benzene rings is 2. The van der Waals surface area contributed by atoms with Crippen molar-refractivity contribution in [2.45, 2.75) is 0 Å². The van der Waals surface area contributed by atoms with E-state index in [0.29, 0.717) is 10.7 Å². The van der Waals surface area contributed by atoms with Crippen LogP contribution in [-0.4, -0.2) is 6.08 Å². The summed E-state index contributed by atoms with van der Waals surface area (Å²) in [6, 6.07) is 14.8. The second-order valence-corrected chi connectivity index (χ2v) is 3.61. The van der Waals surface area contributed by atoms with Gasteiger partial charge in [0.2, 0.25) is 6.08 Å². The molecule has 0 N–H and O–H groups in total. The van der Waals surface area contributed by atoms with E-state index in [1.54, 1.807) is 18.2 Å². The van der Waals surface area contributed by atoms with Gasteiger partial charge in [-0.25, -0.2) is 4.79 Å². The molecule has 0 unspecified atom stereocenters. The Labute approximate surface area is 98.2 Å². The van der Waals surface area contributed by atoms with Crippen LogP contribution in [0, 0.1) is 0 Å². The summed E-state index contributed by atoms with van der Waals surface area (Å²) in [5.74, 6) is 0. The summed E-state index contributed by atoms with van der Waals surface area (Å²) in [6.45, 7) is 0. The highest BCUT2D eigenvalue weighted by atomic mass is 35.5. The van der Waals surface area contributed by atoms with Crippen LogP contribution in [-0.2, 0) is 4.79 Å². The normalized spacial score (nSPS) is 9.56. The fourth-order valence-corrected chi connectivity index (χ4v) is 1.77. The maximum Gasteiger partial charge on any atom is 0.240 e. The summed E-state index contributed by atoms with van der Waals surface area (Å²) in [5.41, 5.74) is 2.26. The molecule has 0 aliphatic heterocycles. The van der Waals surface area contributed by atoms with Crippen molar-refractivity contribution in [3.63, 3.8) is 0 Å². The Kier molecular flexibility index (Phi) is 3.16. The average molecular weight is 230 g/mol. The Morgan fingerprint density at radius 1 is 0.938 bits per heavy atom. The first kappa shape index (κ1) is 10.6. The highest BCUT2D eigenvalue weighted by Crippen LogP contribution is 2.34. The minimum atomic E-state index is 0.575. The first-order chi connectivity index (χ1) is 7.83. The van der Waals surface area contributed by atoms with Crippen molar-refractivity contribution in [3.05, 3.63) is 53.6 Å². The molecule has 3 heteroatoms. The maximum atomic E-state index is 10.3. The molecule has 2 rings (SSSR count). The monoisotopic (exact) mass is 229 g/mol. The van der Waals surface area contributed by atoms with Gasteiger partial charge in [0.05, 0.1) is 5.69 Å². The van der Waals surface area contributed by atoms with Gasteiger partial charge in [0.1, 0.15) is 0 Å². The van der Waals surface area contributed by atoms with Gasteiger partial charge in [-0.05, 0) is 12.1 Å². The van der Waals surface area contributed by atoms with E-state index in [2.05, 4.69) is 4.99 Å². The van der Waals surface area contributed by atoms with Crippen molar-refractivity contribution in [3.8, 4) is 11.1 Å². The number of halogens is 1. The molecule has 0 saturated heterocycles. The van der Waals surface area contributed by atoms with E-state index in [9.17, 15) is 4.79 Å². The number of nitrogens with zero attached hydrogens (tertiary/aromatic N) is 1. The number of carbonyl (C=O) groups excluding carboxylic acids is 1. The van der Waals surface area contributed by atoms with E-state index < -0.39 is 0 Å². The summed E-state index contributed by atoms with van der Waals surface area (Å²) >= 11 is 6.09. The SMILES string of the molecule is O=C=Nc1ccccc1-c1ccccc1Cl. The molecular weight excluding hydrogens is 222 g/mol. The van der Waals surface area contributed by atoms with Crippen molar-refractivity contribution in [1.29, 1.82) is 0 Å². The third kappa shape index (κ3) is 2.03. The molecule has 0 aliphatic carbocycles. The van der Waals surface area contributed by atoms with Gasteiger partial charge < -0.3 is 0 Å². The lowest BCUT2D eigenvalue weighted by Crippen LogP contribution is -1.79. The number of rotatable bonds is 2. The van der Waals surface area contributed by atoms with Crippen molar-refractivity contribution in [1.82, 2.24) is 0 Å².